The largest absolute Gasteiger partial charge is 0.507 e. The Kier molecular flexibility index (Phi) is 7.29. The van der Waals surface area contributed by atoms with Gasteiger partial charge in [-0.25, -0.2) is 0 Å². The molecule has 0 bridgehead atoms. The summed E-state index contributed by atoms with van der Waals surface area (Å²) in [4.78, 5) is 0. The van der Waals surface area contributed by atoms with E-state index in [1.54, 1.807) is 13.2 Å². The molecule has 130 valence electrons. The molecule has 0 amide bonds. The summed E-state index contributed by atoms with van der Waals surface area (Å²) in [6.07, 6.45) is 8.30. The maximum Gasteiger partial charge on any atom is 0.122 e. The number of rotatable bonds is 9. The molecular weight excluding hydrogens is 300 g/mol. The average molecular weight is 328 g/mol. The molecule has 0 aromatic heterocycles. The van der Waals surface area contributed by atoms with Crippen molar-refractivity contribution in [2.75, 3.05) is 20.3 Å². The van der Waals surface area contributed by atoms with Gasteiger partial charge in [-0.15, -0.1) is 0 Å². The summed E-state index contributed by atoms with van der Waals surface area (Å²) < 4.78 is 11.0. The molecule has 1 aliphatic rings. The first-order valence-electron chi connectivity index (χ1n) is 8.61. The van der Waals surface area contributed by atoms with Crippen LogP contribution in [-0.4, -0.2) is 31.5 Å². The Bertz CT molecular complexity index is 613. The molecule has 1 aromatic rings. The molecule has 1 aliphatic heterocycles. The van der Waals surface area contributed by atoms with E-state index in [1.165, 1.54) is 11.1 Å². The number of phenols is 1. The monoisotopic (exact) mass is 328 g/mol. The zero-order chi connectivity index (χ0) is 17.4. The molecule has 0 fully saturated rings. The van der Waals surface area contributed by atoms with E-state index < -0.39 is 0 Å². The highest BCUT2D eigenvalue weighted by Gasteiger charge is 2.22. The van der Waals surface area contributed by atoms with Crippen LogP contribution in [0.3, 0.4) is 0 Å². The number of benzene rings is 1. The van der Waals surface area contributed by atoms with Crippen molar-refractivity contribution in [3.63, 3.8) is 0 Å². The molecule has 1 heterocycles. The molecule has 2 rings (SSSR count). The Balaban J connectivity index is 2.03. The van der Waals surface area contributed by atoms with Gasteiger partial charge >= 0.3 is 0 Å². The minimum atomic E-state index is 0.0947. The molecule has 0 radical (unpaired) electrons. The van der Waals surface area contributed by atoms with E-state index in [9.17, 15) is 5.11 Å². The second-order valence-electron chi connectivity index (χ2n) is 6.17. The van der Waals surface area contributed by atoms with Crippen molar-refractivity contribution < 1.29 is 14.6 Å². The molecule has 1 aromatic carbocycles. The minimum absolute atomic E-state index is 0.0947. The van der Waals surface area contributed by atoms with Crippen molar-refractivity contribution in [3.8, 4) is 5.75 Å². The fraction of sp³-hybridized carbons (Fsp3) is 0.429. The molecule has 1 atom stereocenters. The second-order valence-corrected chi connectivity index (χ2v) is 6.17. The molecule has 0 aliphatic carbocycles. The van der Waals surface area contributed by atoms with Gasteiger partial charge in [0.05, 0.1) is 19.3 Å². The first-order chi connectivity index (χ1) is 11.7. The Morgan fingerprint density at radius 1 is 1.38 bits per heavy atom. The van der Waals surface area contributed by atoms with Gasteiger partial charge in [0.2, 0.25) is 0 Å². The molecule has 1 N–H and O–H groups in total. The number of aromatic hydroxyl groups is 1. The summed E-state index contributed by atoms with van der Waals surface area (Å²) in [7, 11) is 1.69. The molecule has 3 nitrogen and oxygen atoms in total. The number of hydrogen-bond donors (Lipinski definition) is 1. The standard InChI is InChI=1S/C21H28O3/c1-4-7-17(14-18-8-5-6-9-20(18)22)10-11-21-19(12-13-24-21)16(2)15-23-3/h5-6,8-9,12,14,21-22H,2,4,7,10-11,13,15H2,1,3H3/b17-14+. The van der Waals surface area contributed by atoms with Crippen LogP contribution in [0.25, 0.3) is 6.08 Å². The van der Waals surface area contributed by atoms with Gasteiger partial charge in [0.15, 0.2) is 0 Å². The van der Waals surface area contributed by atoms with Crippen LogP contribution in [-0.2, 0) is 9.47 Å². The van der Waals surface area contributed by atoms with Crippen molar-refractivity contribution >= 4 is 6.08 Å². The van der Waals surface area contributed by atoms with Gasteiger partial charge in [-0.3, -0.25) is 0 Å². The molecular formula is C21H28O3. The average Bonchev–Trinajstić information content (AvgIpc) is 3.04. The zero-order valence-electron chi connectivity index (χ0n) is 14.8. The van der Waals surface area contributed by atoms with Gasteiger partial charge < -0.3 is 14.6 Å². The summed E-state index contributed by atoms with van der Waals surface area (Å²) in [6, 6.07) is 7.47. The van der Waals surface area contributed by atoms with E-state index in [-0.39, 0.29) is 6.10 Å². The fourth-order valence-electron chi connectivity index (χ4n) is 3.08. The number of methoxy groups -OCH3 is 1. The normalized spacial score (nSPS) is 17.8. The van der Waals surface area contributed by atoms with Crippen molar-refractivity contribution in [1.82, 2.24) is 0 Å². The van der Waals surface area contributed by atoms with Gasteiger partial charge in [0.1, 0.15) is 5.75 Å². The molecule has 24 heavy (non-hydrogen) atoms. The van der Waals surface area contributed by atoms with Crippen molar-refractivity contribution in [2.24, 2.45) is 0 Å². The molecule has 0 saturated carbocycles. The van der Waals surface area contributed by atoms with Gasteiger partial charge in [0, 0.05) is 12.7 Å². The predicted octanol–water partition coefficient (Wildman–Crippen LogP) is 4.88. The third-order valence-electron chi connectivity index (χ3n) is 4.27. The maximum atomic E-state index is 9.98. The lowest BCUT2D eigenvalue weighted by Crippen LogP contribution is -2.13. The first-order valence-corrected chi connectivity index (χ1v) is 8.61. The van der Waals surface area contributed by atoms with E-state index in [0.717, 1.165) is 36.8 Å². The first kappa shape index (κ1) is 18.5. The maximum absolute atomic E-state index is 9.98. The smallest absolute Gasteiger partial charge is 0.122 e. The molecule has 0 spiro atoms. The van der Waals surface area contributed by atoms with Crippen LogP contribution in [0, 0.1) is 0 Å². The van der Waals surface area contributed by atoms with Crippen molar-refractivity contribution in [1.29, 1.82) is 0 Å². The Hall–Kier alpha value is -1.84. The third kappa shape index (κ3) is 5.08. The highest BCUT2D eigenvalue weighted by molar-refractivity contribution is 5.59. The van der Waals surface area contributed by atoms with E-state index in [0.29, 0.717) is 19.0 Å². The van der Waals surface area contributed by atoms with E-state index in [1.807, 2.05) is 18.2 Å². The Labute approximate surface area is 145 Å². The van der Waals surface area contributed by atoms with Crippen LogP contribution in [0.15, 0.2) is 53.6 Å². The highest BCUT2D eigenvalue weighted by Crippen LogP contribution is 2.29. The summed E-state index contributed by atoms with van der Waals surface area (Å²) in [6.45, 7) is 7.47. The number of allylic oxidation sites excluding steroid dienone is 1. The van der Waals surface area contributed by atoms with Gasteiger partial charge in [-0.1, -0.05) is 55.8 Å². The summed E-state index contributed by atoms with van der Waals surface area (Å²) in [5.74, 6) is 0.331. The van der Waals surface area contributed by atoms with E-state index >= 15 is 0 Å². The van der Waals surface area contributed by atoms with E-state index in [4.69, 9.17) is 9.47 Å². The SMILES string of the molecule is C=C(COC)C1=CCOC1CC/C(=C/c1ccccc1O)CCC. The number of hydrogen-bond acceptors (Lipinski definition) is 3. The van der Waals surface area contributed by atoms with Crippen LogP contribution in [0.2, 0.25) is 0 Å². The summed E-state index contributed by atoms with van der Waals surface area (Å²) >= 11 is 0. The lowest BCUT2D eigenvalue weighted by Gasteiger charge is -2.17. The Morgan fingerprint density at radius 3 is 2.88 bits per heavy atom. The minimum Gasteiger partial charge on any atom is -0.507 e. The quantitative estimate of drug-likeness (QED) is 0.702. The Morgan fingerprint density at radius 2 is 2.17 bits per heavy atom. The number of para-hydroxylation sites is 1. The fourth-order valence-corrected chi connectivity index (χ4v) is 3.08. The molecule has 3 heteroatoms. The molecule has 0 saturated heterocycles. The topological polar surface area (TPSA) is 38.7 Å². The predicted molar refractivity (Wildman–Crippen MR) is 99.1 cm³/mol. The van der Waals surface area contributed by atoms with Gasteiger partial charge in [-0.2, -0.15) is 0 Å². The van der Waals surface area contributed by atoms with Crippen molar-refractivity contribution in [3.05, 3.63) is 59.2 Å². The van der Waals surface area contributed by atoms with Gasteiger partial charge in [-0.05, 0) is 36.5 Å². The van der Waals surface area contributed by atoms with Crippen LogP contribution >= 0.6 is 0 Å². The highest BCUT2D eigenvalue weighted by atomic mass is 16.5. The summed E-state index contributed by atoms with van der Waals surface area (Å²) in [5.41, 5.74) is 4.40. The third-order valence-corrected chi connectivity index (χ3v) is 4.27. The van der Waals surface area contributed by atoms with Crippen LogP contribution in [0.4, 0.5) is 0 Å². The number of ether oxygens (including phenoxy) is 2. The van der Waals surface area contributed by atoms with Gasteiger partial charge in [0.25, 0.3) is 0 Å². The van der Waals surface area contributed by atoms with E-state index in [2.05, 4.69) is 25.7 Å². The lowest BCUT2D eigenvalue weighted by atomic mass is 9.95. The molecule has 1 unspecified atom stereocenters. The second kappa shape index (κ2) is 9.45. The lowest BCUT2D eigenvalue weighted by molar-refractivity contribution is 0.115. The number of phenolic OH excluding ortho intramolecular Hbond substituents is 1. The van der Waals surface area contributed by atoms with Crippen LogP contribution < -0.4 is 0 Å². The zero-order valence-corrected chi connectivity index (χ0v) is 14.8. The van der Waals surface area contributed by atoms with Crippen molar-refractivity contribution in [2.45, 2.75) is 38.7 Å². The van der Waals surface area contributed by atoms with Crippen LogP contribution in [0.1, 0.15) is 38.2 Å². The van der Waals surface area contributed by atoms with Crippen LogP contribution in [0.5, 0.6) is 5.75 Å². The summed E-state index contributed by atoms with van der Waals surface area (Å²) in [5, 5.41) is 9.98.